The van der Waals surface area contributed by atoms with Crippen molar-refractivity contribution in [3.63, 3.8) is 0 Å². The summed E-state index contributed by atoms with van der Waals surface area (Å²) in [4.78, 5) is 27.7. The minimum absolute atomic E-state index is 0.0710. The van der Waals surface area contributed by atoms with E-state index in [4.69, 9.17) is 14.2 Å². The zero-order chi connectivity index (χ0) is 25.9. The lowest BCUT2D eigenvalue weighted by molar-refractivity contribution is -0.140. The van der Waals surface area contributed by atoms with Crippen LogP contribution in [0.1, 0.15) is 63.1 Å². The number of hydrogen-bond donors (Lipinski definition) is 1. The smallest absolute Gasteiger partial charge is 0.295 e. The number of ketones is 1. The molecule has 1 heterocycles. The monoisotopic (exact) mass is 495 g/mol. The molecule has 0 bridgehead atoms. The fraction of sp³-hybridized carbons (Fsp3) is 0.448. The highest BCUT2D eigenvalue weighted by Crippen LogP contribution is 2.40. The molecule has 3 rings (SSSR count). The van der Waals surface area contributed by atoms with E-state index in [2.05, 4.69) is 6.92 Å². The van der Waals surface area contributed by atoms with Gasteiger partial charge in [0, 0.05) is 25.8 Å². The molecule has 0 saturated carbocycles. The van der Waals surface area contributed by atoms with Gasteiger partial charge in [0.1, 0.15) is 17.3 Å². The van der Waals surface area contributed by atoms with Gasteiger partial charge in [0.25, 0.3) is 11.7 Å². The van der Waals surface area contributed by atoms with Crippen LogP contribution >= 0.6 is 0 Å². The highest BCUT2D eigenvalue weighted by atomic mass is 16.5. The van der Waals surface area contributed by atoms with Crippen LogP contribution in [-0.2, 0) is 14.3 Å². The van der Waals surface area contributed by atoms with Gasteiger partial charge in [0.15, 0.2) is 0 Å². The Bertz CT molecular complexity index is 1050. The quantitative estimate of drug-likeness (QED) is 0.161. The Morgan fingerprint density at radius 2 is 1.64 bits per heavy atom. The Labute approximate surface area is 213 Å². The normalized spacial score (nSPS) is 17.0. The van der Waals surface area contributed by atoms with E-state index >= 15 is 0 Å². The number of benzene rings is 2. The Balaban J connectivity index is 1.96. The van der Waals surface area contributed by atoms with E-state index in [1.165, 1.54) is 4.90 Å². The molecule has 1 unspecified atom stereocenters. The maximum Gasteiger partial charge on any atom is 0.295 e. The second kappa shape index (κ2) is 13.7. The van der Waals surface area contributed by atoms with Crippen LogP contribution in [0.3, 0.4) is 0 Å². The first kappa shape index (κ1) is 27.3. The summed E-state index contributed by atoms with van der Waals surface area (Å²) in [7, 11) is 1.59. The molecule has 194 valence electrons. The van der Waals surface area contributed by atoms with Gasteiger partial charge in [-0.25, -0.2) is 0 Å². The summed E-state index contributed by atoms with van der Waals surface area (Å²) in [5.74, 6) is -0.186. The molecule has 1 atom stereocenters. The molecule has 1 aliphatic heterocycles. The average Bonchev–Trinajstić information content (AvgIpc) is 3.15. The number of Topliss-reactive ketones (excluding diaryl/α,β-unsaturated/α-hetero) is 1. The predicted octanol–water partition coefficient (Wildman–Crippen LogP) is 5.50. The standard InChI is InChI=1S/C29H37NO6/c1-4-6-7-19-36-23-14-12-21(13-15-23)27(31)25-26(22-10-8-11-24(20-22)35-17-5-2)30(16-9-18-34-3)29(33)28(25)32/h8,10-15,20,26,31H,4-7,9,16-19H2,1-3H3/b27-25-. The first-order chi connectivity index (χ1) is 17.5. The molecule has 1 saturated heterocycles. The third-order valence-corrected chi connectivity index (χ3v) is 6.08. The number of methoxy groups -OCH3 is 1. The van der Waals surface area contributed by atoms with E-state index in [1.807, 2.05) is 31.2 Å². The largest absolute Gasteiger partial charge is 0.507 e. The van der Waals surface area contributed by atoms with Crippen molar-refractivity contribution in [1.82, 2.24) is 4.90 Å². The van der Waals surface area contributed by atoms with Crippen LogP contribution in [-0.4, -0.2) is 55.2 Å². The zero-order valence-corrected chi connectivity index (χ0v) is 21.5. The van der Waals surface area contributed by atoms with Crippen molar-refractivity contribution in [3.05, 3.63) is 65.2 Å². The molecule has 1 N–H and O–H groups in total. The second-order valence-electron chi connectivity index (χ2n) is 8.84. The van der Waals surface area contributed by atoms with Crippen molar-refractivity contribution in [1.29, 1.82) is 0 Å². The van der Waals surface area contributed by atoms with Crippen molar-refractivity contribution >= 4 is 17.4 Å². The third kappa shape index (κ3) is 6.66. The molecule has 1 fully saturated rings. The summed E-state index contributed by atoms with van der Waals surface area (Å²) in [6.07, 6.45) is 4.63. The van der Waals surface area contributed by atoms with E-state index in [9.17, 15) is 14.7 Å². The number of hydrogen-bond acceptors (Lipinski definition) is 6. The molecule has 0 aliphatic carbocycles. The number of aliphatic hydroxyl groups is 1. The van der Waals surface area contributed by atoms with Crippen molar-refractivity contribution in [2.75, 3.05) is 33.5 Å². The molecule has 1 amide bonds. The van der Waals surface area contributed by atoms with Crippen LogP contribution in [0.4, 0.5) is 0 Å². The van der Waals surface area contributed by atoms with Crippen LogP contribution in [0.2, 0.25) is 0 Å². The molecular weight excluding hydrogens is 458 g/mol. The van der Waals surface area contributed by atoms with E-state index in [1.54, 1.807) is 31.4 Å². The summed E-state index contributed by atoms with van der Waals surface area (Å²) in [5.41, 5.74) is 1.23. The number of carbonyl (C=O) groups excluding carboxylic acids is 2. The van der Waals surface area contributed by atoms with E-state index in [0.717, 1.165) is 25.7 Å². The second-order valence-corrected chi connectivity index (χ2v) is 8.84. The first-order valence-electron chi connectivity index (χ1n) is 12.7. The lowest BCUT2D eigenvalue weighted by Gasteiger charge is -2.25. The summed E-state index contributed by atoms with van der Waals surface area (Å²) in [6, 6.07) is 13.6. The number of likely N-dealkylation sites (tertiary alicyclic amines) is 1. The van der Waals surface area contributed by atoms with Crippen LogP contribution in [0.15, 0.2) is 54.1 Å². The number of carbonyl (C=O) groups is 2. The van der Waals surface area contributed by atoms with Gasteiger partial charge >= 0.3 is 0 Å². The summed E-state index contributed by atoms with van der Waals surface area (Å²) in [6.45, 7) is 6.13. The topological polar surface area (TPSA) is 85.3 Å². The number of unbranched alkanes of at least 4 members (excludes halogenated alkanes) is 2. The molecule has 7 nitrogen and oxygen atoms in total. The van der Waals surface area contributed by atoms with Gasteiger partial charge in [-0.05, 0) is 61.2 Å². The molecule has 36 heavy (non-hydrogen) atoms. The highest BCUT2D eigenvalue weighted by Gasteiger charge is 2.45. The van der Waals surface area contributed by atoms with Gasteiger partial charge in [0.2, 0.25) is 0 Å². The highest BCUT2D eigenvalue weighted by molar-refractivity contribution is 6.46. The lowest BCUT2D eigenvalue weighted by Crippen LogP contribution is -2.31. The zero-order valence-electron chi connectivity index (χ0n) is 21.5. The summed E-state index contributed by atoms with van der Waals surface area (Å²) >= 11 is 0. The van der Waals surface area contributed by atoms with E-state index < -0.39 is 17.7 Å². The minimum atomic E-state index is -0.725. The lowest BCUT2D eigenvalue weighted by atomic mass is 9.95. The van der Waals surface area contributed by atoms with Crippen LogP contribution < -0.4 is 9.47 Å². The molecule has 2 aromatic rings. The fourth-order valence-corrected chi connectivity index (χ4v) is 4.24. The summed E-state index contributed by atoms with van der Waals surface area (Å²) < 4.78 is 16.7. The van der Waals surface area contributed by atoms with Gasteiger partial charge in [0.05, 0.1) is 24.8 Å². The average molecular weight is 496 g/mol. The third-order valence-electron chi connectivity index (χ3n) is 6.08. The Hall–Kier alpha value is -3.32. The minimum Gasteiger partial charge on any atom is -0.507 e. The van der Waals surface area contributed by atoms with Crippen LogP contribution in [0, 0.1) is 0 Å². The molecule has 7 heteroatoms. The first-order valence-corrected chi connectivity index (χ1v) is 12.7. The number of ether oxygens (including phenoxy) is 3. The molecule has 0 spiro atoms. The summed E-state index contributed by atoms with van der Waals surface area (Å²) in [5, 5.41) is 11.3. The van der Waals surface area contributed by atoms with Gasteiger partial charge < -0.3 is 24.2 Å². The van der Waals surface area contributed by atoms with E-state index in [0.29, 0.717) is 55.4 Å². The van der Waals surface area contributed by atoms with Gasteiger partial charge in [-0.15, -0.1) is 0 Å². The van der Waals surface area contributed by atoms with Crippen LogP contribution in [0.25, 0.3) is 5.76 Å². The van der Waals surface area contributed by atoms with Crippen molar-refractivity contribution in [3.8, 4) is 11.5 Å². The van der Waals surface area contributed by atoms with Gasteiger partial charge in [-0.2, -0.15) is 0 Å². The van der Waals surface area contributed by atoms with Crippen molar-refractivity contribution in [2.24, 2.45) is 0 Å². The Morgan fingerprint density at radius 3 is 2.33 bits per heavy atom. The van der Waals surface area contributed by atoms with Crippen molar-refractivity contribution in [2.45, 2.75) is 52.0 Å². The molecule has 0 aromatic heterocycles. The maximum absolute atomic E-state index is 13.2. The van der Waals surface area contributed by atoms with E-state index in [-0.39, 0.29) is 11.3 Å². The van der Waals surface area contributed by atoms with Gasteiger partial charge in [-0.1, -0.05) is 38.8 Å². The fourth-order valence-electron chi connectivity index (χ4n) is 4.24. The van der Waals surface area contributed by atoms with Gasteiger partial charge in [-0.3, -0.25) is 9.59 Å². The Kier molecular flexibility index (Phi) is 10.4. The predicted molar refractivity (Wildman–Crippen MR) is 139 cm³/mol. The number of amides is 1. The number of aliphatic hydroxyl groups excluding tert-OH is 1. The Morgan fingerprint density at radius 1 is 0.889 bits per heavy atom. The number of nitrogens with zero attached hydrogens (tertiary/aromatic N) is 1. The number of rotatable bonds is 14. The maximum atomic E-state index is 13.2. The SMILES string of the molecule is CCCCCOc1ccc(/C(O)=C2/C(=O)C(=O)N(CCCOC)C2c2cccc(OCCC)c2)cc1. The van der Waals surface area contributed by atoms with Crippen LogP contribution in [0.5, 0.6) is 11.5 Å². The molecular formula is C29H37NO6. The molecule has 2 aromatic carbocycles. The molecule has 0 radical (unpaired) electrons. The van der Waals surface area contributed by atoms with Crippen molar-refractivity contribution < 1.29 is 28.9 Å². The molecule has 1 aliphatic rings.